The molecule has 1 saturated heterocycles. The first kappa shape index (κ1) is 15.4. The van der Waals surface area contributed by atoms with Crippen molar-refractivity contribution in [2.24, 2.45) is 0 Å². The highest BCUT2D eigenvalue weighted by molar-refractivity contribution is 5.87. The van der Waals surface area contributed by atoms with Crippen LogP contribution in [0.4, 0.5) is 11.4 Å². The summed E-state index contributed by atoms with van der Waals surface area (Å²) in [5, 5.41) is 11.7. The van der Waals surface area contributed by atoms with Gasteiger partial charge in [0.1, 0.15) is 5.69 Å². The predicted octanol–water partition coefficient (Wildman–Crippen LogP) is 1.84. The molecule has 1 aliphatic rings. The van der Waals surface area contributed by atoms with Gasteiger partial charge in [-0.05, 0) is 25.8 Å². The summed E-state index contributed by atoms with van der Waals surface area (Å²) in [6.07, 6.45) is 3.22. The second-order valence-corrected chi connectivity index (χ2v) is 5.51. The van der Waals surface area contributed by atoms with Crippen molar-refractivity contribution in [1.82, 2.24) is 9.97 Å². The zero-order chi connectivity index (χ0) is 16.4. The van der Waals surface area contributed by atoms with Crippen LogP contribution in [0.1, 0.15) is 19.8 Å². The summed E-state index contributed by atoms with van der Waals surface area (Å²) in [6, 6.07) is 2.93. The molecule has 0 bridgehead atoms. The average molecular weight is 318 g/mol. The summed E-state index contributed by atoms with van der Waals surface area (Å²) < 4.78 is 5.66. The number of aromatic nitrogens is 2. The summed E-state index contributed by atoms with van der Waals surface area (Å²) >= 11 is 0. The topological polar surface area (TPSA) is 101 Å². The number of benzene rings is 1. The maximum Gasteiger partial charge on any atom is 0.293 e. The molecule has 1 atom stereocenters. The van der Waals surface area contributed by atoms with Gasteiger partial charge in [-0.3, -0.25) is 14.9 Å². The minimum atomic E-state index is -0.453. The Balaban J connectivity index is 2.06. The third kappa shape index (κ3) is 3.02. The normalized spacial score (nSPS) is 18.3. The number of nitrogens with zero attached hydrogens (tertiary/aromatic N) is 3. The molecule has 0 aliphatic carbocycles. The van der Waals surface area contributed by atoms with Crippen molar-refractivity contribution < 1.29 is 9.66 Å². The van der Waals surface area contributed by atoms with Gasteiger partial charge in [-0.15, -0.1) is 0 Å². The number of hydrogen-bond donors (Lipinski definition) is 1. The number of hydrogen-bond acceptors (Lipinski definition) is 6. The Morgan fingerprint density at radius 1 is 1.52 bits per heavy atom. The van der Waals surface area contributed by atoms with Gasteiger partial charge < -0.3 is 14.6 Å². The van der Waals surface area contributed by atoms with Crippen LogP contribution in [0, 0.1) is 10.1 Å². The number of H-pyrrole nitrogens is 1. The molecule has 2 aromatic rings. The molecule has 1 aromatic heterocycles. The van der Waals surface area contributed by atoms with Crippen LogP contribution >= 0.6 is 0 Å². The second-order valence-electron chi connectivity index (χ2n) is 5.51. The van der Waals surface area contributed by atoms with Crippen LogP contribution in [0.2, 0.25) is 0 Å². The summed E-state index contributed by atoms with van der Waals surface area (Å²) in [7, 11) is 0. The fourth-order valence-corrected chi connectivity index (χ4v) is 3.02. The molecule has 0 spiro atoms. The quantitative estimate of drug-likeness (QED) is 0.682. The number of rotatable bonds is 4. The molecule has 1 unspecified atom stereocenters. The molecule has 23 heavy (non-hydrogen) atoms. The zero-order valence-electron chi connectivity index (χ0n) is 12.8. The van der Waals surface area contributed by atoms with Crippen LogP contribution in [0.15, 0.2) is 23.3 Å². The first-order chi connectivity index (χ1) is 11.1. The Kier molecular flexibility index (Phi) is 4.24. The Hall–Kier alpha value is -2.48. The van der Waals surface area contributed by atoms with Gasteiger partial charge in [0.25, 0.3) is 11.2 Å². The van der Waals surface area contributed by atoms with Crippen molar-refractivity contribution in [1.29, 1.82) is 0 Å². The minimum Gasteiger partial charge on any atom is -0.377 e. The number of aromatic amines is 1. The fourth-order valence-electron chi connectivity index (χ4n) is 3.02. The lowest BCUT2D eigenvalue weighted by atomic mass is 10.1. The Labute approximate surface area is 132 Å². The molecule has 0 radical (unpaired) electrons. The lowest BCUT2D eigenvalue weighted by Crippen LogP contribution is -2.40. The van der Waals surface area contributed by atoms with E-state index in [2.05, 4.69) is 9.97 Å². The molecule has 1 fully saturated rings. The molecule has 3 rings (SSSR count). The Bertz CT molecular complexity index is 787. The molecule has 8 heteroatoms. The third-order valence-corrected chi connectivity index (χ3v) is 4.05. The molecule has 1 aromatic carbocycles. The van der Waals surface area contributed by atoms with Crippen molar-refractivity contribution in [3.8, 4) is 0 Å². The van der Waals surface area contributed by atoms with Crippen LogP contribution in [0.3, 0.4) is 0 Å². The first-order valence-corrected chi connectivity index (χ1v) is 7.62. The van der Waals surface area contributed by atoms with Gasteiger partial charge in [0.2, 0.25) is 0 Å². The van der Waals surface area contributed by atoms with Gasteiger partial charge in [-0.25, -0.2) is 4.98 Å². The van der Waals surface area contributed by atoms with Crippen LogP contribution < -0.4 is 10.5 Å². The van der Waals surface area contributed by atoms with E-state index in [1.807, 2.05) is 11.8 Å². The van der Waals surface area contributed by atoms with Crippen molar-refractivity contribution in [2.45, 2.75) is 25.9 Å². The number of piperidine rings is 1. The molecule has 8 nitrogen and oxygen atoms in total. The Morgan fingerprint density at radius 3 is 3.09 bits per heavy atom. The monoisotopic (exact) mass is 318 g/mol. The number of ether oxygens (including phenoxy) is 1. The van der Waals surface area contributed by atoms with E-state index in [1.54, 1.807) is 6.07 Å². The van der Waals surface area contributed by atoms with Crippen molar-refractivity contribution in [2.75, 3.05) is 24.6 Å². The molecular weight excluding hydrogens is 300 g/mol. The number of nitrogens with one attached hydrogen (secondary N) is 1. The van der Waals surface area contributed by atoms with Crippen LogP contribution in [-0.2, 0) is 4.74 Å². The van der Waals surface area contributed by atoms with Crippen molar-refractivity contribution >= 4 is 22.3 Å². The molecule has 122 valence electrons. The molecule has 0 amide bonds. The number of nitro groups is 1. The predicted molar refractivity (Wildman–Crippen MR) is 85.9 cm³/mol. The van der Waals surface area contributed by atoms with E-state index >= 15 is 0 Å². The van der Waals surface area contributed by atoms with Gasteiger partial charge >= 0.3 is 0 Å². The highest BCUT2D eigenvalue weighted by atomic mass is 16.6. The second kappa shape index (κ2) is 6.33. The van der Waals surface area contributed by atoms with E-state index in [9.17, 15) is 14.9 Å². The van der Waals surface area contributed by atoms with E-state index in [4.69, 9.17) is 4.74 Å². The van der Waals surface area contributed by atoms with E-state index in [0.717, 1.165) is 19.4 Å². The van der Waals surface area contributed by atoms with E-state index < -0.39 is 4.92 Å². The van der Waals surface area contributed by atoms with Crippen LogP contribution in [-0.4, -0.2) is 40.7 Å². The summed E-state index contributed by atoms with van der Waals surface area (Å²) in [6.45, 7) is 3.88. The van der Waals surface area contributed by atoms with Crippen LogP contribution in [0.25, 0.3) is 10.9 Å². The fraction of sp³-hybridized carbons (Fsp3) is 0.467. The van der Waals surface area contributed by atoms with Gasteiger partial charge in [0.15, 0.2) is 0 Å². The zero-order valence-corrected chi connectivity index (χ0v) is 12.8. The number of fused-ring (bicyclic) bond motifs is 1. The molecule has 2 heterocycles. The largest absolute Gasteiger partial charge is 0.377 e. The highest BCUT2D eigenvalue weighted by Crippen LogP contribution is 2.33. The molecule has 1 N–H and O–H groups in total. The first-order valence-electron chi connectivity index (χ1n) is 7.62. The minimum absolute atomic E-state index is 0.0659. The summed E-state index contributed by atoms with van der Waals surface area (Å²) in [5.41, 5.74) is 0.488. The SMILES string of the molecule is CCOC1CCCN(c2cc3nc[nH]c(=O)c3cc2[N+](=O)[O-])C1. The van der Waals surface area contributed by atoms with Gasteiger partial charge in [-0.1, -0.05) is 0 Å². The summed E-state index contributed by atoms with van der Waals surface area (Å²) in [5.74, 6) is 0. The van der Waals surface area contributed by atoms with E-state index in [1.165, 1.54) is 12.4 Å². The van der Waals surface area contributed by atoms with Crippen molar-refractivity contribution in [3.63, 3.8) is 0 Å². The van der Waals surface area contributed by atoms with Crippen molar-refractivity contribution in [3.05, 3.63) is 38.9 Å². The molecular formula is C15H18N4O4. The Morgan fingerprint density at radius 2 is 2.35 bits per heavy atom. The van der Waals surface area contributed by atoms with E-state index in [-0.39, 0.29) is 22.7 Å². The molecule has 0 saturated carbocycles. The standard InChI is InChI=1S/C15H18N4O4/c1-2-23-10-4-3-5-18(8-10)13-7-12-11(6-14(13)19(21)22)15(20)17-9-16-12/h6-7,9-10H,2-5,8H2,1H3,(H,16,17,20). The maximum absolute atomic E-state index is 11.8. The van der Waals surface area contributed by atoms with Gasteiger partial charge in [0.05, 0.1) is 28.3 Å². The highest BCUT2D eigenvalue weighted by Gasteiger charge is 2.27. The van der Waals surface area contributed by atoms with Gasteiger partial charge in [0, 0.05) is 25.8 Å². The summed E-state index contributed by atoms with van der Waals surface area (Å²) in [4.78, 5) is 31.3. The third-order valence-electron chi connectivity index (χ3n) is 4.05. The van der Waals surface area contributed by atoms with Gasteiger partial charge in [-0.2, -0.15) is 0 Å². The lowest BCUT2D eigenvalue weighted by molar-refractivity contribution is -0.384. The lowest BCUT2D eigenvalue weighted by Gasteiger charge is -2.33. The number of nitro benzene ring substituents is 1. The number of anilines is 1. The van der Waals surface area contributed by atoms with E-state index in [0.29, 0.717) is 24.4 Å². The maximum atomic E-state index is 11.8. The average Bonchev–Trinajstić information content (AvgIpc) is 2.54. The van der Waals surface area contributed by atoms with Crippen LogP contribution in [0.5, 0.6) is 0 Å². The molecule has 1 aliphatic heterocycles. The smallest absolute Gasteiger partial charge is 0.293 e.